The van der Waals surface area contributed by atoms with Crippen LogP contribution in [-0.4, -0.2) is 19.0 Å². The Morgan fingerprint density at radius 2 is 1.96 bits per heavy atom. The third kappa shape index (κ3) is 4.55. The van der Waals surface area contributed by atoms with Gasteiger partial charge in [-0.25, -0.2) is 4.79 Å². The number of amides is 1. The van der Waals surface area contributed by atoms with E-state index in [9.17, 15) is 4.79 Å². The lowest BCUT2D eigenvalue weighted by molar-refractivity contribution is 0.145. The van der Waals surface area contributed by atoms with Crippen molar-refractivity contribution < 1.29 is 14.3 Å². The van der Waals surface area contributed by atoms with E-state index in [4.69, 9.17) is 20.6 Å². The number of benzene rings is 2. The van der Waals surface area contributed by atoms with Crippen molar-refractivity contribution in [3.05, 3.63) is 65.2 Å². The van der Waals surface area contributed by atoms with Gasteiger partial charge in [0.1, 0.15) is 18.2 Å². The molecule has 2 aromatic rings. The molecule has 0 radical (unpaired) electrons. The zero-order chi connectivity index (χ0) is 16.7. The SMILES string of the molecule is COc1cc(C(=N)NC(=O)OCc2ccccc2)ccc1CN. The fourth-order valence-corrected chi connectivity index (χ4v) is 2.00. The monoisotopic (exact) mass is 313 g/mol. The lowest BCUT2D eigenvalue weighted by Gasteiger charge is -2.11. The predicted molar refractivity (Wildman–Crippen MR) is 87.5 cm³/mol. The summed E-state index contributed by atoms with van der Waals surface area (Å²) >= 11 is 0. The maximum Gasteiger partial charge on any atom is 0.413 e. The molecule has 0 aliphatic heterocycles. The van der Waals surface area contributed by atoms with E-state index in [1.54, 1.807) is 18.2 Å². The number of carbonyl (C=O) groups excluding carboxylic acids is 1. The molecule has 0 fully saturated rings. The molecule has 2 rings (SSSR count). The number of rotatable bonds is 5. The van der Waals surface area contributed by atoms with Crippen molar-refractivity contribution in [1.29, 1.82) is 5.41 Å². The topological polar surface area (TPSA) is 97.4 Å². The Balaban J connectivity index is 1.94. The molecular weight excluding hydrogens is 294 g/mol. The van der Waals surface area contributed by atoms with E-state index >= 15 is 0 Å². The minimum absolute atomic E-state index is 0.0649. The van der Waals surface area contributed by atoms with Gasteiger partial charge in [-0.1, -0.05) is 42.5 Å². The van der Waals surface area contributed by atoms with Crippen molar-refractivity contribution >= 4 is 11.9 Å². The molecule has 6 heteroatoms. The third-order valence-corrected chi connectivity index (χ3v) is 3.24. The van der Waals surface area contributed by atoms with Gasteiger partial charge in [0, 0.05) is 17.7 Å². The van der Waals surface area contributed by atoms with Crippen LogP contribution in [0.5, 0.6) is 5.75 Å². The van der Waals surface area contributed by atoms with Crippen molar-refractivity contribution in [2.45, 2.75) is 13.2 Å². The standard InChI is InChI=1S/C17H19N3O3/c1-22-15-9-13(7-8-14(15)10-18)16(19)20-17(21)23-11-12-5-3-2-4-6-12/h2-9H,10-11,18H2,1H3,(H2,19,20,21). The van der Waals surface area contributed by atoms with Crippen LogP contribution in [0.25, 0.3) is 0 Å². The molecular formula is C17H19N3O3. The molecule has 2 aromatic carbocycles. The van der Waals surface area contributed by atoms with Crippen LogP contribution < -0.4 is 15.8 Å². The molecule has 6 nitrogen and oxygen atoms in total. The second kappa shape index (κ2) is 7.95. The average Bonchev–Trinajstić information content (AvgIpc) is 2.60. The van der Waals surface area contributed by atoms with E-state index in [0.29, 0.717) is 17.9 Å². The summed E-state index contributed by atoms with van der Waals surface area (Å²) in [6.45, 7) is 0.485. The summed E-state index contributed by atoms with van der Waals surface area (Å²) in [5, 5.41) is 10.3. The predicted octanol–water partition coefficient (Wildman–Crippen LogP) is 2.41. The van der Waals surface area contributed by atoms with Crippen LogP contribution in [0.4, 0.5) is 4.79 Å². The van der Waals surface area contributed by atoms with Gasteiger partial charge in [-0.3, -0.25) is 10.7 Å². The molecule has 0 bridgehead atoms. The molecule has 0 unspecified atom stereocenters. The van der Waals surface area contributed by atoms with E-state index in [0.717, 1.165) is 11.1 Å². The van der Waals surface area contributed by atoms with Gasteiger partial charge in [0.25, 0.3) is 0 Å². The number of alkyl carbamates (subject to hydrolysis) is 1. The number of nitrogens with two attached hydrogens (primary N) is 1. The number of nitrogens with one attached hydrogen (secondary N) is 2. The van der Waals surface area contributed by atoms with Crippen LogP contribution >= 0.6 is 0 Å². The highest BCUT2D eigenvalue weighted by Gasteiger charge is 2.11. The second-order valence-corrected chi connectivity index (χ2v) is 4.79. The largest absolute Gasteiger partial charge is 0.496 e. The first kappa shape index (κ1) is 16.5. The van der Waals surface area contributed by atoms with Crippen LogP contribution in [0.3, 0.4) is 0 Å². The van der Waals surface area contributed by atoms with Crippen molar-refractivity contribution in [1.82, 2.24) is 5.32 Å². The molecule has 120 valence electrons. The van der Waals surface area contributed by atoms with Gasteiger partial charge < -0.3 is 15.2 Å². The van der Waals surface area contributed by atoms with Crippen molar-refractivity contribution in [2.75, 3.05) is 7.11 Å². The Bertz CT molecular complexity index is 687. The van der Waals surface area contributed by atoms with E-state index in [1.165, 1.54) is 7.11 Å². The normalized spacial score (nSPS) is 10.0. The summed E-state index contributed by atoms with van der Waals surface area (Å²) in [4.78, 5) is 11.8. The maximum absolute atomic E-state index is 11.8. The third-order valence-electron chi connectivity index (χ3n) is 3.24. The minimum atomic E-state index is -0.680. The molecule has 0 saturated heterocycles. The smallest absolute Gasteiger partial charge is 0.413 e. The highest BCUT2D eigenvalue weighted by atomic mass is 16.5. The molecule has 0 aliphatic rings. The van der Waals surface area contributed by atoms with E-state index in [2.05, 4.69) is 5.32 Å². The van der Waals surface area contributed by atoms with Gasteiger partial charge in [0.05, 0.1) is 7.11 Å². The van der Waals surface area contributed by atoms with Gasteiger partial charge >= 0.3 is 6.09 Å². The summed E-state index contributed by atoms with van der Waals surface area (Å²) in [6, 6.07) is 14.4. The van der Waals surface area contributed by atoms with Gasteiger partial charge in [-0.15, -0.1) is 0 Å². The molecule has 0 saturated carbocycles. The Kier molecular flexibility index (Phi) is 5.71. The average molecular weight is 313 g/mol. The Hall–Kier alpha value is -2.86. The van der Waals surface area contributed by atoms with Crippen LogP contribution in [0.1, 0.15) is 16.7 Å². The molecule has 1 amide bonds. The fourth-order valence-electron chi connectivity index (χ4n) is 2.00. The molecule has 0 spiro atoms. The fraction of sp³-hybridized carbons (Fsp3) is 0.176. The minimum Gasteiger partial charge on any atom is -0.496 e. The Morgan fingerprint density at radius 3 is 2.61 bits per heavy atom. The number of ether oxygens (including phenoxy) is 2. The van der Waals surface area contributed by atoms with E-state index in [-0.39, 0.29) is 12.4 Å². The molecule has 0 atom stereocenters. The molecule has 4 N–H and O–H groups in total. The van der Waals surface area contributed by atoms with Gasteiger partial charge in [0.2, 0.25) is 0 Å². The summed E-state index contributed by atoms with van der Waals surface area (Å²) in [5.41, 5.74) is 7.82. The van der Waals surface area contributed by atoms with Gasteiger partial charge in [0.15, 0.2) is 0 Å². The Labute approximate surface area is 134 Å². The van der Waals surface area contributed by atoms with Crippen molar-refractivity contribution in [3.63, 3.8) is 0 Å². The van der Waals surface area contributed by atoms with Crippen LogP contribution in [0.15, 0.2) is 48.5 Å². The number of hydrogen-bond acceptors (Lipinski definition) is 5. The zero-order valence-electron chi connectivity index (χ0n) is 12.8. The lowest BCUT2D eigenvalue weighted by Crippen LogP contribution is -2.31. The number of hydrogen-bond donors (Lipinski definition) is 3. The van der Waals surface area contributed by atoms with E-state index in [1.807, 2.05) is 30.3 Å². The first-order chi connectivity index (χ1) is 11.1. The summed E-state index contributed by atoms with van der Waals surface area (Å²) in [7, 11) is 1.53. The number of amidine groups is 1. The second-order valence-electron chi connectivity index (χ2n) is 4.79. The first-order valence-corrected chi connectivity index (χ1v) is 7.07. The highest BCUT2D eigenvalue weighted by Crippen LogP contribution is 2.19. The van der Waals surface area contributed by atoms with Crippen molar-refractivity contribution in [3.8, 4) is 5.75 Å². The molecule has 23 heavy (non-hydrogen) atoms. The summed E-state index contributed by atoms with van der Waals surface area (Å²) in [6.07, 6.45) is -0.680. The molecule has 0 aliphatic carbocycles. The van der Waals surface area contributed by atoms with Crippen LogP contribution in [0, 0.1) is 5.41 Å². The number of carbonyl (C=O) groups is 1. The zero-order valence-corrected chi connectivity index (χ0v) is 12.8. The summed E-state index contributed by atoms with van der Waals surface area (Å²) in [5.74, 6) is 0.513. The van der Waals surface area contributed by atoms with E-state index < -0.39 is 6.09 Å². The summed E-state index contributed by atoms with van der Waals surface area (Å²) < 4.78 is 10.3. The lowest BCUT2D eigenvalue weighted by atomic mass is 10.1. The molecule has 0 aromatic heterocycles. The van der Waals surface area contributed by atoms with Gasteiger partial charge in [-0.05, 0) is 11.6 Å². The van der Waals surface area contributed by atoms with Crippen molar-refractivity contribution in [2.24, 2.45) is 5.73 Å². The first-order valence-electron chi connectivity index (χ1n) is 7.07. The van der Waals surface area contributed by atoms with Gasteiger partial charge in [-0.2, -0.15) is 0 Å². The molecule has 0 heterocycles. The Morgan fingerprint density at radius 1 is 1.22 bits per heavy atom. The van der Waals surface area contributed by atoms with Crippen LogP contribution in [-0.2, 0) is 17.9 Å². The van der Waals surface area contributed by atoms with Crippen LogP contribution in [0.2, 0.25) is 0 Å². The quantitative estimate of drug-likeness (QED) is 0.583. The maximum atomic E-state index is 11.8. The highest BCUT2D eigenvalue weighted by molar-refractivity contribution is 6.04. The number of methoxy groups -OCH3 is 1.